The Morgan fingerprint density at radius 2 is 1.59 bits per heavy atom. The monoisotopic (exact) mass is 533 g/mol. The summed E-state index contributed by atoms with van der Waals surface area (Å²) < 4.78 is 21.6. The van der Waals surface area contributed by atoms with Crippen LogP contribution in [0.2, 0.25) is 0 Å². The fourth-order valence-electron chi connectivity index (χ4n) is 3.46. The van der Waals surface area contributed by atoms with Gasteiger partial charge < -0.3 is 24.3 Å². The summed E-state index contributed by atoms with van der Waals surface area (Å²) in [6.07, 6.45) is 2.12. The van der Waals surface area contributed by atoms with Gasteiger partial charge in [0.1, 0.15) is 0 Å². The van der Waals surface area contributed by atoms with Crippen molar-refractivity contribution in [3.63, 3.8) is 0 Å². The summed E-state index contributed by atoms with van der Waals surface area (Å²) in [6.45, 7) is 2.52. The molecule has 3 aromatic carbocycles. The molecule has 39 heavy (non-hydrogen) atoms. The number of esters is 1. The number of carbonyl (C=O) groups excluding carboxylic acids is 3. The second kappa shape index (κ2) is 14.8. The van der Waals surface area contributed by atoms with E-state index in [0.717, 1.165) is 0 Å². The van der Waals surface area contributed by atoms with Crippen LogP contribution in [0.5, 0.6) is 23.0 Å². The molecule has 0 spiro atoms. The smallest absolute Gasteiger partial charge is 0.343 e. The first-order valence-electron chi connectivity index (χ1n) is 12.3. The molecule has 0 bridgehead atoms. The molecule has 0 radical (unpaired) electrons. The van der Waals surface area contributed by atoms with Crippen LogP contribution < -0.4 is 29.7 Å². The molecule has 3 aromatic rings. The SMILES string of the molecule is CCOc1cc(C=NNC(=O)CCCNC(=O)c2ccccc2)ccc1OC(=O)c1ccc(OC)c(OC)c1. The number of methoxy groups -OCH3 is 2. The van der Waals surface area contributed by atoms with Gasteiger partial charge in [-0.25, -0.2) is 10.2 Å². The fourth-order valence-corrected chi connectivity index (χ4v) is 3.46. The van der Waals surface area contributed by atoms with Crippen molar-refractivity contribution in [3.8, 4) is 23.0 Å². The maximum atomic E-state index is 12.7. The Labute approximate surface area is 226 Å². The number of hydrazone groups is 1. The minimum Gasteiger partial charge on any atom is -0.493 e. The van der Waals surface area contributed by atoms with Gasteiger partial charge in [0.05, 0.1) is 32.6 Å². The van der Waals surface area contributed by atoms with E-state index in [0.29, 0.717) is 47.9 Å². The molecule has 10 nitrogen and oxygen atoms in total. The molecule has 10 heteroatoms. The van der Waals surface area contributed by atoms with E-state index in [1.54, 1.807) is 54.6 Å². The van der Waals surface area contributed by atoms with Gasteiger partial charge in [0.15, 0.2) is 23.0 Å². The Balaban J connectivity index is 1.52. The zero-order chi connectivity index (χ0) is 28.0. The van der Waals surface area contributed by atoms with Crippen LogP contribution in [-0.4, -0.2) is 51.4 Å². The van der Waals surface area contributed by atoms with E-state index in [1.807, 2.05) is 13.0 Å². The summed E-state index contributed by atoms with van der Waals surface area (Å²) >= 11 is 0. The lowest BCUT2D eigenvalue weighted by molar-refractivity contribution is -0.121. The van der Waals surface area contributed by atoms with E-state index in [-0.39, 0.29) is 29.5 Å². The number of amides is 2. The van der Waals surface area contributed by atoms with Gasteiger partial charge in [-0.15, -0.1) is 0 Å². The first-order valence-corrected chi connectivity index (χ1v) is 12.3. The molecule has 0 saturated heterocycles. The van der Waals surface area contributed by atoms with Crippen LogP contribution in [0, 0.1) is 0 Å². The van der Waals surface area contributed by atoms with Crippen molar-refractivity contribution in [1.29, 1.82) is 0 Å². The van der Waals surface area contributed by atoms with Gasteiger partial charge >= 0.3 is 5.97 Å². The molecule has 2 amide bonds. The molecule has 3 rings (SSSR count). The summed E-state index contributed by atoms with van der Waals surface area (Å²) in [5.74, 6) is 0.413. The minimum absolute atomic E-state index is 0.183. The quantitative estimate of drug-likeness (QED) is 0.112. The van der Waals surface area contributed by atoms with Crippen LogP contribution in [-0.2, 0) is 4.79 Å². The lowest BCUT2D eigenvalue weighted by Gasteiger charge is -2.12. The lowest BCUT2D eigenvalue weighted by Crippen LogP contribution is -2.26. The molecule has 2 N–H and O–H groups in total. The molecule has 0 atom stereocenters. The van der Waals surface area contributed by atoms with Gasteiger partial charge in [-0.1, -0.05) is 18.2 Å². The molecule has 0 heterocycles. The Morgan fingerprint density at radius 1 is 0.846 bits per heavy atom. The highest BCUT2D eigenvalue weighted by molar-refractivity contribution is 5.94. The largest absolute Gasteiger partial charge is 0.493 e. The number of nitrogens with zero attached hydrogens (tertiary/aromatic N) is 1. The van der Waals surface area contributed by atoms with Crippen LogP contribution in [0.1, 0.15) is 46.0 Å². The maximum absolute atomic E-state index is 12.7. The normalized spacial score (nSPS) is 10.5. The molecule has 0 aromatic heterocycles. The zero-order valence-electron chi connectivity index (χ0n) is 22.1. The second-order valence-corrected chi connectivity index (χ2v) is 8.12. The Bertz CT molecular complexity index is 1310. The number of hydrogen-bond donors (Lipinski definition) is 2. The van der Waals surface area contributed by atoms with Crippen molar-refractivity contribution in [3.05, 3.63) is 83.4 Å². The van der Waals surface area contributed by atoms with E-state index in [2.05, 4.69) is 15.8 Å². The van der Waals surface area contributed by atoms with Crippen LogP contribution >= 0.6 is 0 Å². The summed E-state index contributed by atoms with van der Waals surface area (Å²) in [5, 5.41) is 6.75. The number of hydrogen-bond acceptors (Lipinski definition) is 8. The van der Waals surface area contributed by atoms with Crippen molar-refractivity contribution >= 4 is 24.0 Å². The molecule has 0 saturated carbocycles. The first-order chi connectivity index (χ1) is 18.9. The van der Waals surface area contributed by atoms with Gasteiger partial charge in [0.2, 0.25) is 5.91 Å². The average Bonchev–Trinajstić information content (AvgIpc) is 2.96. The van der Waals surface area contributed by atoms with E-state index in [4.69, 9.17) is 18.9 Å². The number of carbonyl (C=O) groups is 3. The lowest BCUT2D eigenvalue weighted by atomic mass is 10.2. The summed E-state index contributed by atoms with van der Waals surface area (Å²) in [4.78, 5) is 36.8. The standard InChI is InChI=1S/C29H31N3O7/c1-4-38-26-17-20(12-14-24(26)39-29(35)22-13-15-23(36-2)25(18-22)37-3)19-31-32-27(33)11-8-16-30-28(34)21-9-6-5-7-10-21/h5-7,9-10,12-15,17-19H,4,8,11,16H2,1-3H3,(H,30,34)(H,32,33). The van der Waals surface area contributed by atoms with E-state index in [9.17, 15) is 14.4 Å². The minimum atomic E-state index is -0.592. The van der Waals surface area contributed by atoms with Gasteiger partial charge in [-0.05, 0) is 67.4 Å². The Kier molecular flexibility index (Phi) is 10.9. The van der Waals surface area contributed by atoms with E-state index >= 15 is 0 Å². The molecule has 0 aliphatic heterocycles. The van der Waals surface area contributed by atoms with Crippen molar-refractivity contribution in [2.75, 3.05) is 27.4 Å². The van der Waals surface area contributed by atoms with Crippen LogP contribution in [0.25, 0.3) is 0 Å². The number of benzene rings is 3. The Hall–Kier alpha value is -4.86. The van der Waals surface area contributed by atoms with Crippen molar-refractivity contribution < 1.29 is 33.3 Å². The van der Waals surface area contributed by atoms with Gasteiger partial charge in [0, 0.05) is 18.5 Å². The van der Waals surface area contributed by atoms with Crippen molar-refractivity contribution in [1.82, 2.24) is 10.7 Å². The summed E-state index contributed by atoms with van der Waals surface area (Å²) in [7, 11) is 2.99. The molecule has 0 unspecified atom stereocenters. The fraction of sp³-hybridized carbons (Fsp3) is 0.241. The maximum Gasteiger partial charge on any atom is 0.343 e. The van der Waals surface area contributed by atoms with Gasteiger partial charge in [-0.2, -0.15) is 5.10 Å². The molecule has 0 fully saturated rings. The van der Waals surface area contributed by atoms with Crippen molar-refractivity contribution in [2.24, 2.45) is 5.10 Å². The first kappa shape index (κ1) is 28.7. The number of ether oxygens (including phenoxy) is 4. The third-order valence-electron chi connectivity index (χ3n) is 5.39. The topological polar surface area (TPSA) is 125 Å². The van der Waals surface area contributed by atoms with E-state index in [1.165, 1.54) is 26.5 Å². The van der Waals surface area contributed by atoms with Gasteiger partial charge in [0.25, 0.3) is 5.91 Å². The Morgan fingerprint density at radius 3 is 2.31 bits per heavy atom. The summed E-state index contributed by atoms with van der Waals surface area (Å²) in [6, 6.07) is 18.5. The van der Waals surface area contributed by atoms with Crippen LogP contribution in [0.15, 0.2) is 71.8 Å². The highest BCUT2D eigenvalue weighted by atomic mass is 16.6. The predicted octanol–water partition coefficient (Wildman–Crippen LogP) is 3.98. The third kappa shape index (κ3) is 8.60. The zero-order valence-corrected chi connectivity index (χ0v) is 22.1. The van der Waals surface area contributed by atoms with Crippen LogP contribution in [0.4, 0.5) is 0 Å². The van der Waals surface area contributed by atoms with Crippen LogP contribution in [0.3, 0.4) is 0 Å². The summed E-state index contributed by atoms with van der Waals surface area (Å²) in [5.41, 5.74) is 3.94. The van der Waals surface area contributed by atoms with Crippen molar-refractivity contribution in [2.45, 2.75) is 19.8 Å². The van der Waals surface area contributed by atoms with E-state index < -0.39 is 5.97 Å². The molecular weight excluding hydrogens is 502 g/mol. The molecular formula is C29H31N3O7. The predicted molar refractivity (Wildman–Crippen MR) is 146 cm³/mol. The molecule has 0 aliphatic rings. The molecule has 204 valence electrons. The number of rotatable bonds is 13. The highest BCUT2D eigenvalue weighted by Gasteiger charge is 2.16. The average molecular weight is 534 g/mol. The number of nitrogens with one attached hydrogen (secondary N) is 2. The van der Waals surface area contributed by atoms with Gasteiger partial charge in [-0.3, -0.25) is 9.59 Å². The molecule has 0 aliphatic carbocycles. The highest BCUT2D eigenvalue weighted by Crippen LogP contribution is 2.31. The third-order valence-corrected chi connectivity index (χ3v) is 5.39. The second-order valence-electron chi connectivity index (χ2n) is 8.12.